The van der Waals surface area contributed by atoms with Crippen LogP contribution in [0.25, 0.3) is 10.8 Å². The van der Waals surface area contributed by atoms with Crippen molar-refractivity contribution in [3.63, 3.8) is 0 Å². The fraction of sp³-hybridized carbons (Fsp3) is 0.500. The number of aromatic hydroxyl groups is 3. The zero-order valence-corrected chi connectivity index (χ0v) is 38.3. The first-order valence-electron chi connectivity index (χ1n) is 21.1. The normalized spacial score (nSPS) is 29.1. The minimum absolute atomic E-state index is 0.0306. The Hall–Kier alpha value is -5.64. The van der Waals surface area contributed by atoms with E-state index in [1.165, 1.54) is 58.8 Å². The van der Waals surface area contributed by atoms with Crippen LogP contribution in [0.3, 0.4) is 0 Å². The number of anilines is 1. The number of amides is 1. The second kappa shape index (κ2) is 21.2. The number of nitrogens with zero attached hydrogens (tertiary/aromatic N) is 1. The Bertz CT molecular complexity index is 2230. The van der Waals surface area contributed by atoms with Gasteiger partial charge in [-0.3, -0.25) is 14.4 Å². The molecule has 0 aliphatic carbocycles. The van der Waals surface area contributed by atoms with E-state index >= 15 is 0 Å². The van der Waals surface area contributed by atoms with E-state index in [0.717, 1.165) is 24.6 Å². The number of carbonyl (C=O) groups is 3. The number of fused-ring (bicyclic) bond motifs is 14. The van der Waals surface area contributed by atoms with E-state index in [1.54, 1.807) is 39.8 Å². The van der Waals surface area contributed by atoms with Gasteiger partial charge in [0.1, 0.15) is 30.0 Å². The van der Waals surface area contributed by atoms with Crippen LogP contribution in [0.4, 0.5) is 5.69 Å². The van der Waals surface area contributed by atoms with Crippen molar-refractivity contribution in [1.82, 2.24) is 0 Å². The van der Waals surface area contributed by atoms with E-state index in [4.69, 9.17) is 23.8 Å². The lowest BCUT2D eigenvalue weighted by Gasteiger charge is -2.38. The molecule has 15 nitrogen and oxygen atoms in total. The lowest BCUT2D eigenvalue weighted by Crippen LogP contribution is -2.46. The second-order valence-corrected chi connectivity index (χ2v) is 17.0. The first-order valence-corrected chi connectivity index (χ1v) is 21.1. The number of nitrogens with one attached hydrogen (secondary N) is 1. The number of rotatable bonds is 9. The predicted octanol–water partition coefficient (Wildman–Crippen LogP) is 7.80. The molecule has 63 heavy (non-hydrogen) atoms. The molecule has 1 amide bonds. The summed E-state index contributed by atoms with van der Waals surface area (Å²) in [4.78, 5) is 46.0. The van der Waals surface area contributed by atoms with Crippen molar-refractivity contribution in [3.05, 3.63) is 76.1 Å². The highest BCUT2D eigenvalue weighted by Crippen LogP contribution is 2.55. The Morgan fingerprint density at radius 2 is 1.60 bits per heavy atom. The van der Waals surface area contributed by atoms with Crippen LogP contribution >= 0.6 is 0 Å². The fourth-order valence-corrected chi connectivity index (χ4v) is 7.88. The maximum Gasteiger partial charge on any atom is 0.312 e. The standard InChI is InChI=1S/C48H64N2O13/c1-24(2)15-13-16-25(3)19-22-61-49-23-33-38-43(56)36-35(42(33)55)37-45(31(9)41(36)54)63-48(11,46(37)57)60-21-20-34(59-12)28(6)44(62-32(10)51)30(8)40(53)29(7)39(52)26(4)17-14-18-27(5)47(58)50-38/h14-15,17-21,23,26,28-30,34,39-40,44,52-56H,13,16,22H2,1-12H3,(H,50,58)/b17-14+,21-20+,25-19+,27-18+,49-23-. The van der Waals surface area contributed by atoms with Crippen molar-refractivity contribution in [2.24, 2.45) is 28.8 Å². The predicted molar refractivity (Wildman–Crippen MR) is 240 cm³/mol. The van der Waals surface area contributed by atoms with Gasteiger partial charge in [0.15, 0.2) is 5.75 Å². The zero-order chi connectivity index (χ0) is 47.1. The van der Waals surface area contributed by atoms with Gasteiger partial charge in [0.2, 0.25) is 0 Å². The van der Waals surface area contributed by atoms with Crippen molar-refractivity contribution in [2.75, 3.05) is 19.0 Å². The Balaban J connectivity index is 1.91. The summed E-state index contributed by atoms with van der Waals surface area (Å²) in [6, 6.07) is 0. The number of oxime groups is 1. The van der Waals surface area contributed by atoms with Crippen LogP contribution in [0.15, 0.2) is 64.6 Å². The molecule has 6 N–H and O–H groups in total. The lowest BCUT2D eigenvalue weighted by molar-refractivity contribution is -0.160. The Kier molecular flexibility index (Phi) is 16.8. The molecular formula is C48H64N2O13. The second-order valence-electron chi connectivity index (χ2n) is 17.0. The third-order valence-corrected chi connectivity index (χ3v) is 11.9. The molecule has 3 aliphatic rings. The largest absolute Gasteiger partial charge is 0.507 e. The lowest BCUT2D eigenvalue weighted by atomic mass is 9.78. The van der Waals surface area contributed by atoms with Gasteiger partial charge >= 0.3 is 11.8 Å². The molecule has 9 unspecified atom stereocenters. The number of benzene rings is 2. The Morgan fingerprint density at radius 3 is 2.24 bits per heavy atom. The minimum Gasteiger partial charge on any atom is -0.507 e. The number of allylic oxidation sites excluding steroid dienone is 5. The van der Waals surface area contributed by atoms with Gasteiger partial charge in [0.25, 0.3) is 11.7 Å². The molecule has 0 saturated heterocycles. The molecule has 344 valence electrons. The summed E-state index contributed by atoms with van der Waals surface area (Å²) in [5.74, 6) is -8.70. The van der Waals surface area contributed by atoms with Crippen molar-refractivity contribution < 1.29 is 63.7 Å². The summed E-state index contributed by atoms with van der Waals surface area (Å²) in [5.41, 5.74) is 1.64. The number of phenolic OH excluding ortho intramolecular Hbond substituents is 3. The minimum atomic E-state index is -2.07. The van der Waals surface area contributed by atoms with Gasteiger partial charge in [0, 0.05) is 61.2 Å². The SMILES string of the molecule is COC1/C=C/OC2(C)Oc3c(C)c(O)c4c(O)c(c(/C=N\OC/C=C(\C)CCC=C(C)C)c(O)c4c3C2=O)NC(=O)/C(C)=C/C=C/C(C)C(O)C(C)C(O)C(C)C(OC(C)=O)C1C. The third kappa shape index (κ3) is 11.1. The Labute approximate surface area is 369 Å². The smallest absolute Gasteiger partial charge is 0.312 e. The molecule has 5 bridgehead atoms. The van der Waals surface area contributed by atoms with Crippen molar-refractivity contribution in [1.29, 1.82) is 0 Å². The summed E-state index contributed by atoms with van der Waals surface area (Å²) in [7, 11) is 1.43. The van der Waals surface area contributed by atoms with Gasteiger partial charge in [-0.25, -0.2) is 0 Å². The number of hydrogen-bond donors (Lipinski definition) is 6. The maximum atomic E-state index is 14.4. The average molecular weight is 877 g/mol. The highest BCUT2D eigenvalue weighted by atomic mass is 16.7. The van der Waals surface area contributed by atoms with E-state index < -0.39 is 88.8 Å². The number of ketones is 1. The number of aliphatic hydroxyl groups is 2. The van der Waals surface area contributed by atoms with Crippen LogP contribution in [0.5, 0.6) is 23.0 Å². The summed E-state index contributed by atoms with van der Waals surface area (Å²) in [6.45, 7) is 18.5. The first kappa shape index (κ1) is 50.0. The summed E-state index contributed by atoms with van der Waals surface area (Å²) in [5, 5.41) is 64.4. The molecule has 2 aromatic rings. The van der Waals surface area contributed by atoms with E-state index in [0.29, 0.717) is 0 Å². The number of hydrogen-bond acceptors (Lipinski definition) is 14. The molecule has 0 aromatic heterocycles. The van der Waals surface area contributed by atoms with Gasteiger partial charge < -0.3 is 54.6 Å². The van der Waals surface area contributed by atoms with E-state index in [1.807, 2.05) is 26.8 Å². The van der Waals surface area contributed by atoms with Crippen molar-refractivity contribution in [2.45, 2.75) is 119 Å². The average Bonchev–Trinajstić information content (AvgIpc) is 3.49. The molecule has 15 heteroatoms. The molecule has 3 aliphatic heterocycles. The Morgan fingerprint density at radius 1 is 0.921 bits per heavy atom. The van der Waals surface area contributed by atoms with Crippen LogP contribution in [-0.2, 0) is 28.6 Å². The third-order valence-electron chi connectivity index (χ3n) is 11.9. The topological polar surface area (TPSA) is 223 Å². The molecule has 2 aromatic carbocycles. The highest BCUT2D eigenvalue weighted by molar-refractivity contribution is 6.23. The number of ether oxygens (including phenoxy) is 4. The number of Topliss-reactive ketones (excluding diaryl/α,β-unsaturated/α-hetero) is 1. The van der Waals surface area contributed by atoms with Crippen molar-refractivity contribution >= 4 is 40.3 Å². The molecule has 5 rings (SSSR count). The van der Waals surface area contributed by atoms with Crippen LogP contribution in [0, 0.1) is 30.6 Å². The van der Waals surface area contributed by atoms with Crippen LogP contribution in [0.2, 0.25) is 0 Å². The molecule has 0 spiro atoms. The number of carbonyl (C=O) groups excluding carboxylic acids is 3. The van der Waals surface area contributed by atoms with Crippen molar-refractivity contribution in [3.8, 4) is 23.0 Å². The molecule has 0 saturated carbocycles. The number of methoxy groups -OCH3 is 1. The molecule has 0 fully saturated rings. The van der Waals surface area contributed by atoms with Gasteiger partial charge in [-0.05, 0) is 59.6 Å². The quantitative estimate of drug-likeness (QED) is 0.0270. The van der Waals surface area contributed by atoms with E-state index in [2.05, 4.69) is 16.5 Å². The maximum absolute atomic E-state index is 14.4. The number of aliphatic hydroxyl groups excluding tert-OH is 2. The molecule has 9 atom stereocenters. The summed E-state index contributed by atoms with van der Waals surface area (Å²) < 4.78 is 23.6. The molecule has 0 radical (unpaired) electrons. The fourth-order valence-electron chi connectivity index (χ4n) is 7.88. The van der Waals surface area contributed by atoms with Crippen LogP contribution < -0.4 is 10.1 Å². The van der Waals surface area contributed by atoms with E-state index in [9.17, 15) is 39.9 Å². The highest BCUT2D eigenvalue weighted by Gasteiger charge is 2.50. The number of esters is 1. The van der Waals surface area contributed by atoms with Gasteiger partial charge in [-0.2, -0.15) is 0 Å². The monoisotopic (exact) mass is 876 g/mol. The zero-order valence-electron chi connectivity index (χ0n) is 38.3. The first-order chi connectivity index (χ1) is 29.6. The van der Waals surface area contributed by atoms with Crippen LogP contribution in [-0.4, -0.2) is 93.3 Å². The van der Waals surface area contributed by atoms with E-state index in [-0.39, 0.29) is 51.1 Å². The van der Waals surface area contributed by atoms with Gasteiger partial charge in [-0.1, -0.05) is 68.3 Å². The number of phenols is 3. The molecule has 3 heterocycles. The van der Waals surface area contributed by atoms with Gasteiger partial charge in [0.05, 0.1) is 53.0 Å². The van der Waals surface area contributed by atoms with Crippen LogP contribution in [0.1, 0.15) is 104 Å². The van der Waals surface area contributed by atoms with Gasteiger partial charge in [-0.15, -0.1) is 0 Å². The molecular weight excluding hydrogens is 813 g/mol. The summed E-state index contributed by atoms with van der Waals surface area (Å²) in [6.07, 6.45) is 10.2. The summed E-state index contributed by atoms with van der Waals surface area (Å²) >= 11 is 0.